The van der Waals surface area contributed by atoms with Gasteiger partial charge in [-0.3, -0.25) is 0 Å². The summed E-state index contributed by atoms with van der Waals surface area (Å²) in [7, 11) is 1.23. The molecule has 2 amide bonds. The summed E-state index contributed by atoms with van der Waals surface area (Å²) < 4.78 is 20.4. The van der Waals surface area contributed by atoms with Crippen molar-refractivity contribution >= 4 is 28.7 Å². The van der Waals surface area contributed by atoms with Crippen LogP contribution in [0.25, 0.3) is 11.0 Å². The minimum Gasteiger partial charge on any atom is -0.465 e. The number of benzene rings is 2. The molecule has 0 radical (unpaired) electrons. The number of para-hydroxylation sites is 2. The van der Waals surface area contributed by atoms with Gasteiger partial charge in [0.1, 0.15) is 11.6 Å². The van der Waals surface area contributed by atoms with Gasteiger partial charge in [0, 0.05) is 13.1 Å². The van der Waals surface area contributed by atoms with Crippen LogP contribution >= 0.6 is 0 Å². The fourth-order valence-corrected chi connectivity index (χ4v) is 2.79. The molecule has 1 heterocycles. The van der Waals surface area contributed by atoms with E-state index in [1.54, 1.807) is 0 Å². The molecule has 2 aromatic carbocycles. The van der Waals surface area contributed by atoms with E-state index in [1.807, 2.05) is 35.8 Å². The number of carbonyl (C=O) groups is 2. The first-order chi connectivity index (χ1) is 13.0. The van der Waals surface area contributed by atoms with Crippen molar-refractivity contribution in [1.82, 2.24) is 14.9 Å². The lowest BCUT2D eigenvalue weighted by molar-refractivity contribution is 0.0600. The Morgan fingerprint density at radius 1 is 1.22 bits per heavy atom. The van der Waals surface area contributed by atoms with Gasteiger partial charge in [0.05, 0.1) is 29.4 Å². The number of halogens is 1. The minimum atomic E-state index is -0.644. The van der Waals surface area contributed by atoms with Crippen LogP contribution in [0, 0.1) is 12.7 Å². The zero-order valence-electron chi connectivity index (χ0n) is 15.0. The molecule has 0 unspecified atom stereocenters. The molecule has 0 saturated carbocycles. The maximum atomic E-state index is 13.9. The second-order valence-corrected chi connectivity index (χ2v) is 5.87. The van der Waals surface area contributed by atoms with E-state index in [0.717, 1.165) is 22.9 Å². The molecule has 27 heavy (non-hydrogen) atoms. The highest BCUT2D eigenvalue weighted by atomic mass is 19.1. The second-order valence-electron chi connectivity index (χ2n) is 5.87. The van der Waals surface area contributed by atoms with Crippen LogP contribution in [0.15, 0.2) is 42.5 Å². The van der Waals surface area contributed by atoms with E-state index < -0.39 is 17.8 Å². The van der Waals surface area contributed by atoms with E-state index in [-0.39, 0.29) is 11.3 Å². The molecule has 8 heteroatoms. The molecular weight excluding hydrogens is 351 g/mol. The number of aryl methyl sites for hydroxylation is 1. The number of nitrogens with zero attached hydrogens (tertiary/aromatic N) is 2. The van der Waals surface area contributed by atoms with Crippen LogP contribution in [0.2, 0.25) is 0 Å². The van der Waals surface area contributed by atoms with Crippen LogP contribution in [-0.2, 0) is 11.3 Å². The summed E-state index contributed by atoms with van der Waals surface area (Å²) in [5.74, 6) is -0.412. The average molecular weight is 370 g/mol. The zero-order chi connectivity index (χ0) is 19.4. The fourth-order valence-electron chi connectivity index (χ4n) is 2.79. The molecular formula is C19H19FN4O3. The van der Waals surface area contributed by atoms with Gasteiger partial charge < -0.3 is 19.9 Å². The van der Waals surface area contributed by atoms with E-state index >= 15 is 0 Å². The maximum Gasteiger partial charge on any atom is 0.337 e. The first-order valence-corrected chi connectivity index (χ1v) is 8.34. The Labute approximate surface area is 155 Å². The van der Waals surface area contributed by atoms with Crippen molar-refractivity contribution in [3.63, 3.8) is 0 Å². The SMILES string of the molecule is COC(=O)c1ccc(F)c(NC(=O)NCCn2c(C)nc3ccccc32)c1. The molecule has 140 valence electrons. The van der Waals surface area contributed by atoms with Crippen molar-refractivity contribution in [3.8, 4) is 0 Å². The average Bonchev–Trinajstić information content (AvgIpc) is 2.98. The summed E-state index contributed by atoms with van der Waals surface area (Å²) in [6, 6.07) is 10.8. The number of hydrogen-bond donors (Lipinski definition) is 2. The molecule has 0 spiro atoms. The van der Waals surface area contributed by atoms with Gasteiger partial charge >= 0.3 is 12.0 Å². The van der Waals surface area contributed by atoms with E-state index in [0.29, 0.717) is 13.1 Å². The van der Waals surface area contributed by atoms with Gasteiger partial charge in [-0.1, -0.05) is 12.1 Å². The van der Waals surface area contributed by atoms with Crippen LogP contribution in [0.4, 0.5) is 14.9 Å². The van der Waals surface area contributed by atoms with E-state index in [4.69, 9.17) is 0 Å². The number of fused-ring (bicyclic) bond motifs is 1. The van der Waals surface area contributed by atoms with Crippen LogP contribution < -0.4 is 10.6 Å². The maximum absolute atomic E-state index is 13.9. The predicted octanol–water partition coefficient (Wildman–Crippen LogP) is 3.09. The van der Waals surface area contributed by atoms with Gasteiger partial charge in [0.15, 0.2) is 0 Å². The van der Waals surface area contributed by atoms with Crippen molar-refractivity contribution in [3.05, 3.63) is 59.7 Å². The quantitative estimate of drug-likeness (QED) is 0.676. The Morgan fingerprint density at radius 2 is 2.00 bits per heavy atom. The smallest absolute Gasteiger partial charge is 0.337 e. The van der Waals surface area contributed by atoms with E-state index in [1.165, 1.54) is 19.2 Å². The normalized spacial score (nSPS) is 10.6. The fraction of sp³-hybridized carbons (Fsp3) is 0.211. The molecule has 0 aliphatic rings. The Balaban J connectivity index is 1.62. The third kappa shape index (κ3) is 4.05. The van der Waals surface area contributed by atoms with Gasteiger partial charge in [0.25, 0.3) is 0 Å². The minimum absolute atomic E-state index is 0.0975. The summed E-state index contributed by atoms with van der Waals surface area (Å²) >= 11 is 0. The molecule has 7 nitrogen and oxygen atoms in total. The van der Waals surface area contributed by atoms with Crippen molar-refractivity contribution in [2.75, 3.05) is 19.0 Å². The summed E-state index contributed by atoms with van der Waals surface area (Å²) in [6.45, 7) is 2.74. The molecule has 0 aliphatic heterocycles. The number of methoxy groups -OCH3 is 1. The second kappa shape index (κ2) is 7.86. The Morgan fingerprint density at radius 3 is 2.78 bits per heavy atom. The van der Waals surface area contributed by atoms with Crippen molar-refractivity contribution in [2.45, 2.75) is 13.5 Å². The van der Waals surface area contributed by atoms with Gasteiger partial charge in [-0.15, -0.1) is 0 Å². The van der Waals surface area contributed by atoms with Gasteiger partial charge in [0.2, 0.25) is 0 Å². The lowest BCUT2D eigenvalue weighted by Crippen LogP contribution is -2.32. The summed E-state index contributed by atoms with van der Waals surface area (Å²) in [5.41, 5.74) is 1.92. The van der Waals surface area contributed by atoms with E-state index in [9.17, 15) is 14.0 Å². The summed E-state index contributed by atoms with van der Waals surface area (Å²) in [4.78, 5) is 28.1. The Bertz CT molecular complexity index is 1000. The standard InChI is InChI=1S/C19H19FN4O3/c1-12-22-15-5-3-4-6-17(15)24(12)10-9-21-19(26)23-16-11-13(18(25)27-2)7-8-14(16)20/h3-8,11H,9-10H2,1-2H3,(H2,21,23,26). The lowest BCUT2D eigenvalue weighted by Gasteiger charge is -2.11. The number of ether oxygens (including phenoxy) is 1. The number of nitrogens with one attached hydrogen (secondary N) is 2. The lowest BCUT2D eigenvalue weighted by atomic mass is 10.2. The first kappa shape index (κ1) is 18.4. The molecule has 1 aromatic heterocycles. The molecule has 0 saturated heterocycles. The van der Waals surface area contributed by atoms with E-state index in [2.05, 4.69) is 20.4 Å². The monoisotopic (exact) mass is 370 g/mol. The number of hydrogen-bond acceptors (Lipinski definition) is 4. The van der Waals surface area contributed by atoms with Crippen molar-refractivity contribution < 1.29 is 18.7 Å². The molecule has 0 atom stereocenters. The summed E-state index contributed by atoms with van der Waals surface area (Å²) in [5, 5.41) is 5.07. The first-order valence-electron chi connectivity index (χ1n) is 8.34. The van der Waals surface area contributed by atoms with Crippen molar-refractivity contribution in [2.24, 2.45) is 0 Å². The molecule has 0 bridgehead atoms. The number of carbonyl (C=O) groups excluding carboxylic acids is 2. The number of anilines is 1. The van der Waals surface area contributed by atoms with Crippen molar-refractivity contribution in [1.29, 1.82) is 0 Å². The topological polar surface area (TPSA) is 85.2 Å². The highest BCUT2D eigenvalue weighted by Gasteiger charge is 2.12. The van der Waals surface area contributed by atoms with Gasteiger partial charge in [-0.2, -0.15) is 0 Å². The third-order valence-electron chi connectivity index (χ3n) is 4.10. The zero-order valence-corrected chi connectivity index (χ0v) is 15.0. The number of amides is 2. The molecule has 0 fully saturated rings. The third-order valence-corrected chi connectivity index (χ3v) is 4.10. The predicted molar refractivity (Wildman–Crippen MR) is 99.2 cm³/mol. The molecule has 2 N–H and O–H groups in total. The summed E-state index contributed by atoms with van der Waals surface area (Å²) in [6.07, 6.45) is 0. The van der Waals surface area contributed by atoms with Crippen LogP contribution in [0.5, 0.6) is 0 Å². The Kier molecular flexibility index (Phi) is 5.35. The Hall–Kier alpha value is -3.42. The number of rotatable bonds is 5. The van der Waals surface area contributed by atoms with Gasteiger partial charge in [-0.25, -0.2) is 19.0 Å². The molecule has 3 aromatic rings. The van der Waals surface area contributed by atoms with Crippen LogP contribution in [-0.4, -0.2) is 35.2 Å². The molecule has 0 aliphatic carbocycles. The van der Waals surface area contributed by atoms with Crippen LogP contribution in [0.1, 0.15) is 16.2 Å². The number of esters is 1. The highest BCUT2D eigenvalue weighted by Crippen LogP contribution is 2.17. The largest absolute Gasteiger partial charge is 0.465 e. The number of imidazole rings is 1. The van der Waals surface area contributed by atoms with Crippen LogP contribution in [0.3, 0.4) is 0 Å². The molecule has 3 rings (SSSR count). The van der Waals surface area contributed by atoms with Gasteiger partial charge in [-0.05, 0) is 37.3 Å². The highest BCUT2D eigenvalue weighted by molar-refractivity contribution is 5.94. The number of aromatic nitrogens is 2. The number of urea groups is 1.